The Bertz CT molecular complexity index is 857. The molecule has 160 valence electrons. The monoisotopic (exact) mass is 427 g/mol. The van der Waals surface area contributed by atoms with Gasteiger partial charge in [0.15, 0.2) is 0 Å². The van der Waals surface area contributed by atoms with Crippen LogP contribution in [0.5, 0.6) is 0 Å². The van der Waals surface area contributed by atoms with E-state index in [9.17, 15) is 9.59 Å². The second-order valence-corrected chi connectivity index (χ2v) is 8.21. The molecule has 0 spiro atoms. The number of anilines is 1. The number of rotatable bonds is 4. The van der Waals surface area contributed by atoms with Crippen LogP contribution in [0, 0.1) is 5.92 Å². The fraction of sp³-hybridized carbons (Fsp3) is 0.417. The van der Waals surface area contributed by atoms with Crippen molar-refractivity contribution in [3.63, 3.8) is 0 Å². The highest BCUT2D eigenvalue weighted by molar-refractivity contribution is 5.96. The van der Waals surface area contributed by atoms with Crippen molar-refractivity contribution in [3.05, 3.63) is 65.7 Å². The summed E-state index contributed by atoms with van der Waals surface area (Å²) in [6.07, 6.45) is 3.74. The van der Waals surface area contributed by atoms with E-state index in [0.29, 0.717) is 11.6 Å². The van der Waals surface area contributed by atoms with Gasteiger partial charge in [0.1, 0.15) is 0 Å². The first-order valence-corrected chi connectivity index (χ1v) is 10.6. The number of hydrogen-bond acceptors (Lipinski definition) is 3. The van der Waals surface area contributed by atoms with Crippen LogP contribution in [0.15, 0.2) is 54.6 Å². The van der Waals surface area contributed by atoms with Crippen molar-refractivity contribution in [3.8, 4) is 0 Å². The first kappa shape index (κ1) is 22.3. The minimum atomic E-state index is 0. The van der Waals surface area contributed by atoms with Crippen molar-refractivity contribution >= 4 is 29.9 Å². The van der Waals surface area contributed by atoms with Gasteiger partial charge >= 0.3 is 0 Å². The summed E-state index contributed by atoms with van der Waals surface area (Å²) in [5, 5.41) is 6.38. The van der Waals surface area contributed by atoms with E-state index >= 15 is 0 Å². The number of halogens is 1. The zero-order chi connectivity index (χ0) is 20.2. The third-order valence-corrected chi connectivity index (χ3v) is 6.09. The first-order chi connectivity index (χ1) is 14.1. The third kappa shape index (κ3) is 5.02. The summed E-state index contributed by atoms with van der Waals surface area (Å²) >= 11 is 0. The normalized spacial score (nSPS) is 23.5. The molecule has 2 aromatic carbocycles. The average Bonchev–Trinajstić information content (AvgIpc) is 3.24. The Kier molecular flexibility index (Phi) is 7.51. The van der Waals surface area contributed by atoms with Crippen molar-refractivity contribution in [2.75, 3.05) is 18.4 Å². The van der Waals surface area contributed by atoms with Gasteiger partial charge in [-0.3, -0.25) is 9.59 Å². The van der Waals surface area contributed by atoms with Crippen molar-refractivity contribution in [1.29, 1.82) is 0 Å². The maximum absolute atomic E-state index is 13.1. The number of amides is 2. The number of piperidine rings is 1. The van der Waals surface area contributed by atoms with Crippen LogP contribution in [-0.2, 0) is 4.79 Å². The van der Waals surface area contributed by atoms with Crippen LogP contribution in [0.4, 0.5) is 5.69 Å². The van der Waals surface area contributed by atoms with Crippen molar-refractivity contribution in [2.24, 2.45) is 5.92 Å². The van der Waals surface area contributed by atoms with Crippen LogP contribution >= 0.6 is 12.4 Å². The molecule has 2 fully saturated rings. The van der Waals surface area contributed by atoms with E-state index in [0.717, 1.165) is 44.5 Å². The van der Waals surface area contributed by atoms with Crippen LogP contribution in [0.3, 0.4) is 0 Å². The molecule has 2 heterocycles. The van der Waals surface area contributed by atoms with Crippen LogP contribution in [0.25, 0.3) is 0 Å². The number of nitrogens with zero attached hydrogens (tertiary/aromatic N) is 1. The summed E-state index contributed by atoms with van der Waals surface area (Å²) in [6, 6.07) is 18.1. The van der Waals surface area contributed by atoms with E-state index in [1.165, 1.54) is 5.56 Å². The molecular formula is C24H30ClN3O2. The van der Waals surface area contributed by atoms with Crippen molar-refractivity contribution in [2.45, 2.75) is 44.7 Å². The van der Waals surface area contributed by atoms with E-state index in [1.807, 2.05) is 47.4 Å². The van der Waals surface area contributed by atoms with Crippen LogP contribution in [0.1, 0.15) is 54.6 Å². The van der Waals surface area contributed by atoms with Gasteiger partial charge in [0.2, 0.25) is 5.91 Å². The highest BCUT2D eigenvalue weighted by atomic mass is 35.5. The largest absolute Gasteiger partial charge is 0.332 e. The van der Waals surface area contributed by atoms with Gasteiger partial charge in [-0.25, -0.2) is 0 Å². The second-order valence-electron chi connectivity index (χ2n) is 8.21. The molecule has 2 aliphatic heterocycles. The predicted octanol–water partition coefficient (Wildman–Crippen LogP) is 4.41. The number of nitrogens with one attached hydrogen (secondary N) is 2. The molecule has 0 radical (unpaired) electrons. The molecule has 2 N–H and O–H groups in total. The molecule has 1 unspecified atom stereocenters. The van der Waals surface area contributed by atoms with Gasteiger partial charge in [-0.15, -0.1) is 12.4 Å². The fourth-order valence-corrected chi connectivity index (χ4v) is 4.51. The van der Waals surface area contributed by atoms with Crippen molar-refractivity contribution < 1.29 is 9.59 Å². The molecule has 0 saturated carbocycles. The molecule has 6 heteroatoms. The number of hydrogen-bond donors (Lipinski definition) is 2. The lowest BCUT2D eigenvalue weighted by Gasteiger charge is -2.27. The van der Waals surface area contributed by atoms with Gasteiger partial charge in [0.25, 0.3) is 5.91 Å². The van der Waals surface area contributed by atoms with Gasteiger partial charge < -0.3 is 15.5 Å². The molecule has 4 rings (SSSR count). The Morgan fingerprint density at radius 3 is 2.47 bits per heavy atom. The molecule has 2 aromatic rings. The SMILES string of the molecule is C[C@H]1C[C@@H](C(=O)Nc2ccc(C(=O)N3CCCC3c3ccccc3)cc2)CCN1.Cl. The smallest absolute Gasteiger partial charge is 0.254 e. The Hall–Kier alpha value is -2.37. The summed E-state index contributed by atoms with van der Waals surface area (Å²) in [5.74, 6) is 0.173. The molecule has 0 bridgehead atoms. The van der Waals surface area contributed by atoms with E-state index in [4.69, 9.17) is 0 Å². The topological polar surface area (TPSA) is 61.4 Å². The summed E-state index contributed by atoms with van der Waals surface area (Å²) in [4.78, 5) is 27.6. The first-order valence-electron chi connectivity index (χ1n) is 10.6. The quantitative estimate of drug-likeness (QED) is 0.759. The highest BCUT2D eigenvalue weighted by Crippen LogP contribution is 2.33. The van der Waals surface area contributed by atoms with Gasteiger partial charge in [0, 0.05) is 29.8 Å². The Balaban J connectivity index is 0.00000256. The standard InChI is InChI=1S/C24H29N3O2.ClH/c1-17-16-20(13-14-25-17)23(28)26-21-11-9-19(10-12-21)24(29)27-15-5-8-22(27)18-6-3-2-4-7-18;/h2-4,6-7,9-12,17,20,22,25H,5,8,13-16H2,1H3,(H,26,28);1H/t17-,20-,22?;/m0./s1. The maximum atomic E-state index is 13.1. The number of carbonyl (C=O) groups excluding carboxylic acids is 2. The molecule has 2 saturated heterocycles. The van der Waals surface area contributed by atoms with E-state index in [-0.39, 0.29) is 36.2 Å². The Morgan fingerprint density at radius 1 is 1.03 bits per heavy atom. The van der Waals surface area contributed by atoms with Gasteiger partial charge in [0.05, 0.1) is 6.04 Å². The lowest BCUT2D eigenvalue weighted by Crippen LogP contribution is -2.40. The molecule has 0 aliphatic carbocycles. The number of carbonyl (C=O) groups is 2. The summed E-state index contributed by atoms with van der Waals surface area (Å²) < 4.78 is 0. The van der Waals surface area contributed by atoms with E-state index < -0.39 is 0 Å². The molecule has 2 aliphatic rings. The van der Waals surface area contributed by atoms with Crippen LogP contribution in [-0.4, -0.2) is 35.8 Å². The van der Waals surface area contributed by atoms with Crippen LogP contribution in [0.2, 0.25) is 0 Å². The second kappa shape index (κ2) is 10.1. The summed E-state index contributed by atoms with van der Waals surface area (Å²) in [6.45, 7) is 3.77. The predicted molar refractivity (Wildman–Crippen MR) is 122 cm³/mol. The number of likely N-dealkylation sites (tertiary alicyclic amines) is 1. The zero-order valence-corrected chi connectivity index (χ0v) is 18.2. The molecule has 3 atom stereocenters. The third-order valence-electron chi connectivity index (χ3n) is 6.09. The van der Waals surface area contributed by atoms with E-state index in [2.05, 4.69) is 29.7 Å². The molecule has 30 heavy (non-hydrogen) atoms. The maximum Gasteiger partial charge on any atom is 0.254 e. The Labute approximate surface area is 184 Å². The lowest BCUT2D eigenvalue weighted by molar-refractivity contribution is -0.120. The van der Waals surface area contributed by atoms with E-state index in [1.54, 1.807) is 0 Å². The fourth-order valence-electron chi connectivity index (χ4n) is 4.51. The molecule has 0 aromatic heterocycles. The average molecular weight is 428 g/mol. The minimum absolute atomic E-state index is 0. The highest BCUT2D eigenvalue weighted by Gasteiger charge is 2.30. The molecule has 5 nitrogen and oxygen atoms in total. The Morgan fingerprint density at radius 2 is 1.77 bits per heavy atom. The lowest BCUT2D eigenvalue weighted by atomic mass is 9.92. The molecule has 2 amide bonds. The molecular weight excluding hydrogens is 398 g/mol. The van der Waals surface area contributed by atoms with Gasteiger partial charge in [-0.2, -0.15) is 0 Å². The van der Waals surface area contributed by atoms with Gasteiger partial charge in [-0.1, -0.05) is 30.3 Å². The van der Waals surface area contributed by atoms with Gasteiger partial charge in [-0.05, 0) is 69.0 Å². The summed E-state index contributed by atoms with van der Waals surface area (Å²) in [7, 11) is 0. The van der Waals surface area contributed by atoms with Crippen molar-refractivity contribution in [1.82, 2.24) is 10.2 Å². The number of benzene rings is 2. The van der Waals surface area contributed by atoms with Crippen LogP contribution < -0.4 is 10.6 Å². The zero-order valence-electron chi connectivity index (χ0n) is 17.3. The summed E-state index contributed by atoms with van der Waals surface area (Å²) in [5.41, 5.74) is 2.61. The minimum Gasteiger partial charge on any atom is -0.332 e.